The molecule has 1 unspecified atom stereocenters. The fraction of sp³-hybridized carbons (Fsp3) is 0.300. The van der Waals surface area contributed by atoms with E-state index in [2.05, 4.69) is 10.6 Å². The number of hydrogen-bond acceptors (Lipinski definition) is 2. The lowest BCUT2D eigenvalue weighted by atomic mass is 10.1. The van der Waals surface area contributed by atoms with Crippen molar-refractivity contribution < 1.29 is 22.8 Å². The summed E-state index contributed by atoms with van der Waals surface area (Å²) in [5.41, 5.74) is 0.661. The predicted molar refractivity (Wildman–Crippen MR) is 121 cm³/mol. The Morgan fingerprint density at radius 3 is 2.16 bits per heavy atom. The Bertz CT molecular complexity index is 1060. The van der Waals surface area contributed by atoms with Crippen LogP contribution in [0.4, 0.5) is 24.5 Å². The van der Waals surface area contributed by atoms with Gasteiger partial charge in [0.05, 0.1) is 16.6 Å². The number of amides is 2. The minimum Gasteiger partial charge on any atom is -0.326 e. The van der Waals surface area contributed by atoms with Crippen LogP contribution in [0.15, 0.2) is 36.4 Å². The molecule has 0 radical (unpaired) electrons. The molecular formula is C20H14Cl5F3N2O2. The minimum absolute atomic E-state index is 0.00683. The molecule has 2 aromatic rings. The molecule has 12 heteroatoms. The number of anilines is 2. The molecule has 1 aliphatic rings. The van der Waals surface area contributed by atoms with Crippen LogP contribution in [-0.2, 0) is 9.59 Å². The van der Waals surface area contributed by atoms with Gasteiger partial charge in [0, 0.05) is 21.7 Å². The van der Waals surface area contributed by atoms with Gasteiger partial charge in [-0.2, -0.15) is 13.2 Å². The van der Waals surface area contributed by atoms with E-state index in [9.17, 15) is 22.8 Å². The van der Waals surface area contributed by atoms with Crippen LogP contribution in [-0.4, -0.2) is 22.3 Å². The zero-order chi connectivity index (χ0) is 24.0. The summed E-state index contributed by atoms with van der Waals surface area (Å²) in [5.74, 6) is -5.51. The molecule has 0 aliphatic heterocycles. The number of alkyl halides is 5. The normalized spacial score (nSPS) is 20.4. The van der Waals surface area contributed by atoms with E-state index >= 15 is 0 Å². The lowest BCUT2D eigenvalue weighted by Crippen LogP contribution is -2.32. The average Bonchev–Trinajstić information content (AvgIpc) is 3.24. The van der Waals surface area contributed by atoms with Gasteiger partial charge in [-0.1, -0.05) is 34.8 Å². The van der Waals surface area contributed by atoms with Gasteiger partial charge in [-0.05, 0) is 48.9 Å². The SMILES string of the molecule is CC(C(=O)Nc1cc(NC(=O)[C@H]2[C@H](c3cc(Cl)cc(Cl)c3)C2(Cl)Cl)ccc1Cl)C(F)(F)F. The van der Waals surface area contributed by atoms with Gasteiger partial charge in [-0.3, -0.25) is 9.59 Å². The molecule has 2 amide bonds. The summed E-state index contributed by atoms with van der Waals surface area (Å²) >= 11 is 30.6. The van der Waals surface area contributed by atoms with Crippen molar-refractivity contribution in [2.75, 3.05) is 10.6 Å². The van der Waals surface area contributed by atoms with E-state index in [0.29, 0.717) is 15.6 Å². The molecule has 4 nitrogen and oxygen atoms in total. The van der Waals surface area contributed by atoms with Crippen LogP contribution in [0.5, 0.6) is 0 Å². The van der Waals surface area contributed by atoms with Crippen LogP contribution in [0.3, 0.4) is 0 Å². The third-order valence-electron chi connectivity index (χ3n) is 4.96. The highest BCUT2D eigenvalue weighted by molar-refractivity contribution is 6.53. The standard InChI is InChI=1S/C20H14Cl5F3N2O2/c1-8(20(26,27)28)17(31)30-14-7-12(2-3-13(14)23)29-18(32)16-15(19(16,24)25)9-4-10(21)6-11(22)5-9/h2-8,15-16H,1H3,(H,29,32)(H,30,31)/t8?,15-,16+/m0/s1. The Kier molecular flexibility index (Phi) is 7.18. The smallest absolute Gasteiger partial charge is 0.326 e. The summed E-state index contributed by atoms with van der Waals surface area (Å²) in [5, 5.41) is 5.40. The Hall–Kier alpha value is -1.38. The number of nitrogens with one attached hydrogen (secondary N) is 2. The van der Waals surface area contributed by atoms with Crippen molar-refractivity contribution in [3.63, 3.8) is 0 Å². The van der Waals surface area contributed by atoms with Gasteiger partial charge in [-0.25, -0.2) is 0 Å². The van der Waals surface area contributed by atoms with Crippen molar-refractivity contribution in [1.82, 2.24) is 0 Å². The van der Waals surface area contributed by atoms with Crippen LogP contribution in [0.25, 0.3) is 0 Å². The summed E-state index contributed by atoms with van der Waals surface area (Å²) in [6, 6.07) is 8.70. The molecule has 2 N–H and O–H groups in total. The summed E-state index contributed by atoms with van der Waals surface area (Å²) in [6.07, 6.45) is -4.71. The highest BCUT2D eigenvalue weighted by atomic mass is 35.5. The summed E-state index contributed by atoms with van der Waals surface area (Å²) < 4.78 is 36.9. The summed E-state index contributed by atoms with van der Waals surface area (Å²) in [7, 11) is 0. The van der Waals surface area contributed by atoms with Crippen molar-refractivity contribution in [2.45, 2.75) is 23.4 Å². The highest BCUT2D eigenvalue weighted by Gasteiger charge is 2.67. The zero-order valence-electron chi connectivity index (χ0n) is 16.0. The highest BCUT2D eigenvalue weighted by Crippen LogP contribution is 2.65. The van der Waals surface area contributed by atoms with Crippen LogP contribution in [0.2, 0.25) is 15.1 Å². The van der Waals surface area contributed by atoms with Gasteiger partial charge in [0.2, 0.25) is 11.8 Å². The van der Waals surface area contributed by atoms with Gasteiger partial charge in [-0.15, -0.1) is 23.2 Å². The van der Waals surface area contributed by atoms with Gasteiger partial charge in [0.1, 0.15) is 10.3 Å². The number of hydrogen-bond donors (Lipinski definition) is 2. The molecule has 172 valence electrons. The van der Waals surface area contributed by atoms with Crippen molar-refractivity contribution in [3.8, 4) is 0 Å². The van der Waals surface area contributed by atoms with Gasteiger partial charge >= 0.3 is 6.18 Å². The number of benzene rings is 2. The van der Waals surface area contributed by atoms with Crippen LogP contribution >= 0.6 is 58.0 Å². The molecular weight excluding hydrogens is 534 g/mol. The average molecular weight is 549 g/mol. The maximum atomic E-state index is 12.8. The topological polar surface area (TPSA) is 58.2 Å². The van der Waals surface area contributed by atoms with Crippen LogP contribution in [0.1, 0.15) is 18.4 Å². The second-order valence-corrected chi connectivity index (χ2v) is 9.99. The Labute approximate surface area is 206 Å². The molecule has 3 atom stereocenters. The van der Waals surface area contributed by atoms with E-state index in [4.69, 9.17) is 58.0 Å². The number of carbonyl (C=O) groups excluding carboxylic acids is 2. The Balaban J connectivity index is 1.76. The maximum absolute atomic E-state index is 12.8. The molecule has 0 bridgehead atoms. The first-order chi connectivity index (χ1) is 14.7. The monoisotopic (exact) mass is 546 g/mol. The third kappa shape index (κ3) is 5.39. The van der Waals surface area contributed by atoms with Crippen molar-refractivity contribution in [1.29, 1.82) is 0 Å². The molecule has 0 heterocycles. The largest absolute Gasteiger partial charge is 0.400 e. The van der Waals surface area contributed by atoms with E-state index in [1.54, 1.807) is 12.1 Å². The first kappa shape index (κ1) is 25.2. The molecule has 32 heavy (non-hydrogen) atoms. The van der Waals surface area contributed by atoms with E-state index in [1.165, 1.54) is 24.3 Å². The van der Waals surface area contributed by atoms with E-state index in [-0.39, 0.29) is 16.4 Å². The van der Waals surface area contributed by atoms with E-state index in [1.807, 2.05) is 0 Å². The second-order valence-electron chi connectivity index (χ2n) is 7.27. The van der Waals surface area contributed by atoms with Gasteiger partial charge < -0.3 is 10.6 Å². The Morgan fingerprint density at radius 2 is 1.59 bits per heavy atom. The summed E-state index contributed by atoms with van der Waals surface area (Å²) in [6.45, 7) is 0.727. The Morgan fingerprint density at radius 1 is 1.00 bits per heavy atom. The van der Waals surface area contributed by atoms with Crippen molar-refractivity contribution in [3.05, 3.63) is 57.0 Å². The molecule has 1 saturated carbocycles. The molecule has 0 aromatic heterocycles. The number of carbonyl (C=O) groups is 2. The second kappa shape index (κ2) is 9.11. The fourth-order valence-electron chi connectivity index (χ4n) is 3.13. The lowest BCUT2D eigenvalue weighted by Gasteiger charge is -2.16. The van der Waals surface area contributed by atoms with Gasteiger partial charge in [0.15, 0.2) is 0 Å². The molecule has 0 saturated heterocycles. The lowest BCUT2D eigenvalue weighted by molar-refractivity contribution is -0.175. The summed E-state index contributed by atoms with van der Waals surface area (Å²) in [4.78, 5) is 24.7. The van der Waals surface area contributed by atoms with Crippen molar-refractivity contribution in [2.24, 2.45) is 11.8 Å². The molecule has 2 aromatic carbocycles. The minimum atomic E-state index is -4.71. The quantitative estimate of drug-likeness (QED) is 0.385. The van der Waals surface area contributed by atoms with Crippen LogP contribution in [0, 0.1) is 11.8 Å². The fourth-order valence-corrected chi connectivity index (χ4v) is 4.67. The number of halogens is 8. The predicted octanol–water partition coefficient (Wildman–Crippen LogP) is 7.31. The first-order valence-corrected chi connectivity index (χ1v) is 10.9. The zero-order valence-corrected chi connectivity index (χ0v) is 19.8. The van der Waals surface area contributed by atoms with Gasteiger partial charge in [0.25, 0.3) is 0 Å². The van der Waals surface area contributed by atoms with E-state index < -0.39 is 40.1 Å². The maximum Gasteiger partial charge on any atom is 0.400 e. The van der Waals surface area contributed by atoms with Crippen molar-refractivity contribution >= 4 is 81.2 Å². The third-order valence-corrected chi connectivity index (χ3v) is 6.66. The van der Waals surface area contributed by atoms with Crippen LogP contribution < -0.4 is 10.6 Å². The van der Waals surface area contributed by atoms with E-state index in [0.717, 1.165) is 6.92 Å². The first-order valence-electron chi connectivity index (χ1n) is 9.03. The molecule has 1 aliphatic carbocycles. The molecule has 0 spiro atoms. The number of rotatable bonds is 5. The molecule has 1 fully saturated rings. The molecule has 3 rings (SSSR count).